The Labute approximate surface area is 163 Å². The highest BCUT2D eigenvalue weighted by molar-refractivity contribution is 5.95. The standard InChI is InChI=1S/C15H16N4O3.C5H11N/c1-8-2-3-9(14(20)18-10-4-5-10)6-12(8)19-13(16)11(7-17-19)15(21)22;6-5-3-1-2-4-5/h2-3,6-7,10H,4-5,16H2,1H3,(H,18,20)(H,21,22);5H,1-4,6H2. The largest absolute Gasteiger partial charge is 0.477 e. The van der Waals surface area contributed by atoms with Gasteiger partial charge in [0.25, 0.3) is 5.91 Å². The number of aryl methyl sites for hydroxylation is 1. The second-order valence-corrected chi connectivity index (χ2v) is 7.45. The average molecular weight is 385 g/mol. The lowest BCUT2D eigenvalue weighted by atomic mass is 10.1. The number of carbonyl (C=O) groups is 2. The second kappa shape index (κ2) is 8.43. The molecule has 28 heavy (non-hydrogen) atoms. The molecule has 0 spiro atoms. The van der Waals surface area contributed by atoms with Crippen LogP contribution in [0.1, 0.15) is 64.8 Å². The molecule has 4 rings (SSSR count). The predicted molar refractivity (Wildman–Crippen MR) is 107 cm³/mol. The number of aromatic carboxylic acids is 1. The molecule has 1 aromatic heterocycles. The Bertz CT molecular complexity index is 867. The number of rotatable bonds is 4. The van der Waals surface area contributed by atoms with Crippen LogP contribution in [0.25, 0.3) is 5.69 Å². The van der Waals surface area contributed by atoms with Crippen LogP contribution in [-0.2, 0) is 0 Å². The number of hydrogen-bond acceptors (Lipinski definition) is 5. The van der Waals surface area contributed by atoms with Gasteiger partial charge in [-0.05, 0) is 50.3 Å². The van der Waals surface area contributed by atoms with Crippen LogP contribution < -0.4 is 16.8 Å². The van der Waals surface area contributed by atoms with E-state index in [-0.39, 0.29) is 23.3 Å². The number of aromatic nitrogens is 2. The summed E-state index contributed by atoms with van der Waals surface area (Å²) in [6.07, 6.45) is 8.48. The Morgan fingerprint density at radius 1 is 1.21 bits per heavy atom. The molecular weight excluding hydrogens is 358 g/mol. The Morgan fingerprint density at radius 3 is 2.39 bits per heavy atom. The van der Waals surface area contributed by atoms with E-state index in [1.807, 2.05) is 6.92 Å². The van der Waals surface area contributed by atoms with Gasteiger partial charge in [-0.25, -0.2) is 9.48 Å². The van der Waals surface area contributed by atoms with Crippen LogP contribution in [0, 0.1) is 6.92 Å². The van der Waals surface area contributed by atoms with Crippen LogP contribution in [0.3, 0.4) is 0 Å². The molecule has 0 radical (unpaired) electrons. The topological polar surface area (TPSA) is 136 Å². The van der Waals surface area contributed by atoms with Crippen LogP contribution in [0.2, 0.25) is 0 Å². The molecule has 2 aromatic rings. The Balaban J connectivity index is 0.000000320. The summed E-state index contributed by atoms with van der Waals surface area (Å²) in [4.78, 5) is 23.2. The maximum Gasteiger partial charge on any atom is 0.341 e. The van der Waals surface area contributed by atoms with Crippen LogP contribution >= 0.6 is 0 Å². The summed E-state index contributed by atoms with van der Waals surface area (Å²) in [6, 6.07) is 6.00. The normalized spacial score (nSPS) is 16.4. The number of nitrogens with zero attached hydrogens (tertiary/aromatic N) is 2. The monoisotopic (exact) mass is 385 g/mol. The molecule has 2 aliphatic carbocycles. The quantitative estimate of drug-likeness (QED) is 0.637. The van der Waals surface area contributed by atoms with Crippen LogP contribution in [0.15, 0.2) is 24.4 Å². The minimum Gasteiger partial charge on any atom is -0.477 e. The van der Waals surface area contributed by atoms with Crippen molar-refractivity contribution in [1.29, 1.82) is 0 Å². The zero-order valence-corrected chi connectivity index (χ0v) is 16.0. The third kappa shape index (κ3) is 4.69. The van der Waals surface area contributed by atoms with E-state index in [2.05, 4.69) is 10.4 Å². The van der Waals surface area contributed by atoms with Gasteiger partial charge < -0.3 is 21.9 Å². The third-order valence-corrected chi connectivity index (χ3v) is 5.05. The highest BCUT2D eigenvalue weighted by atomic mass is 16.4. The summed E-state index contributed by atoms with van der Waals surface area (Å²) in [7, 11) is 0. The lowest BCUT2D eigenvalue weighted by molar-refractivity contribution is 0.0697. The number of nitrogens with one attached hydrogen (secondary N) is 1. The molecule has 2 aliphatic rings. The molecule has 1 amide bonds. The summed E-state index contributed by atoms with van der Waals surface area (Å²) in [5.41, 5.74) is 13.2. The number of carbonyl (C=O) groups excluding carboxylic acids is 1. The fourth-order valence-corrected chi connectivity index (χ4v) is 3.15. The number of nitrogen functional groups attached to an aromatic ring is 1. The van der Waals surface area contributed by atoms with Gasteiger partial charge in [0.15, 0.2) is 0 Å². The fourth-order valence-electron chi connectivity index (χ4n) is 3.15. The first-order valence-corrected chi connectivity index (χ1v) is 9.61. The minimum atomic E-state index is -1.14. The Morgan fingerprint density at radius 2 is 1.89 bits per heavy atom. The number of carboxylic acids is 1. The smallest absolute Gasteiger partial charge is 0.341 e. The molecule has 1 heterocycles. The van der Waals surface area contributed by atoms with Crippen molar-refractivity contribution in [2.75, 3.05) is 5.73 Å². The van der Waals surface area contributed by atoms with Crippen molar-refractivity contribution in [1.82, 2.24) is 15.1 Å². The van der Waals surface area contributed by atoms with Gasteiger partial charge in [0.1, 0.15) is 11.4 Å². The van der Waals surface area contributed by atoms with Gasteiger partial charge in [-0.15, -0.1) is 0 Å². The first-order chi connectivity index (χ1) is 13.4. The van der Waals surface area contributed by atoms with E-state index in [1.165, 1.54) is 36.6 Å². The van der Waals surface area contributed by atoms with Crippen LogP contribution in [0.5, 0.6) is 0 Å². The number of carboxylic acid groups (broad SMARTS) is 1. The number of hydrogen-bond donors (Lipinski definition) is 4. The summed E-state index contributed by atoms with van der Waals surface area (Å²) >= 11 is 0. The molecule has 150 valence electrons. The third-order valence-electron chi connectivity index (χ3n) is 5.05. The number of amides is 1. The van der Waals surface area contributed by atoms with Gasteiger partial charge in [-0.1, -0.05) is 18.9 Å². The summed E-state index contributed by atoms with van der Waals surface area (Å²) in [5, 5.41) is 16.0. The SMILES string of the molecule is Cc1ccc(C(=O)NC2CC2)cc1-n1ncc(C(=O)O)c1N.NC1CCCC1. The second-order valence-electron chi connectivity index (χ2n) is 7.45. The Hall–Kier alpha value is -2.87. The minimum absolute atomic E-state index is 0.0374. The van der Waals surface area contributed by atoms with Gasteiger partial charge in [-0.2, -0.15) is 5.10 Å². The average Bonchev–Trinajstić information content (AvgIpc) is 3.18. The lowest BCUT2D eigenvalue weighted by Gasteiger charge is -2.11. The molecule has 2 saturated carbocycles. The molecule has 0 aliphatic heterocycles. The number of benzene rings is 1. The van der Waals surface area contributed by atoms with E-state index in [0.29, 0.717) is 17.3 Å². The highest BCUT2D eigenvalue weighted by Gasteiger charge is 2.24. The van der Waals surface area contributed by atoms with Gasteiger partial charge in [-0.3, -0.25) is 4.79 Å². The highest BCUT2D eigenvalue weighted by Crippen LogP contribution is 2.23. The first kappa shape index (κ1) is 19.9. The fraction of sp³-hybridized carbons (Fsp3) is 0.450. The first-order valence-electron chi connectivity index (χ1n) is 9.61. The van der Waals surface area contributed by atoms with Crippen molar-refractivity contribution in [2.45, 2.75) is 57.5 Å². The number of anilines is 1. The van der Waals surface area contributed by atoms with Crippen LogP contribution in [0.4, 0.5) is 5.82 Å². The molecule has 0 bridgehead atoms. The zero-order chi connectivity index (χ0) is 20.3. The molecule has 8 nitrogen and oxygen atoms in total. The molecule has 0 unspecified atom stereocenters. The maximum atomic E-state index is 12.1. The van der Waals surface area contributed by atoms with Gasteiger partial charge >= 0.3 is 5.97 Å². The Kier molecular flexibility index (Phi) is 5.99. The van der Waals surface area contributed by atoms with E-state index in [0.717, 1.165) is 18.4 Å². The maximum absolute atomic E-state index is 12.1. The van der Waals surface area contributed by atoms with Crippen molar-refractivity contribution < 1.29 is 14.7 Å². The van der Waals surface area contributed by atoms with E-state index in [4.69, 9.17) is 16.6 Å². The van der Waals surface area contributed by atoms with Crippen LogP contribution in [-0.4, -0.2) is 38.8 Å². The van der Waals surface area contributed by atoms with Crippen molar-refractivity contribution in [3.63, 3.8) is 0 Å². The van der Waals surface area contributed by atoms with Gasteiger partial charge in [0.2, 0.25) is 0 Å². The van der Waals surface area contributed by atoms with Crippen molar-refractivity contribution in [2.24, 2.45) is 5.73 Å². The molecule has 1 aromatic carbocycles. The predicted octanol–water partition coefficient (Wildman–Crippen LogP) is 2.24. The molecule has 8 heteroatoms. The van der Waals surface area contributed by atoms with Crippen molar-refractivity contribution in [3.05, 3.63) is 41.1 Å². The van der Waals surface area contributed by atoms with E-state index >= 15 is 0 Å². The van der Waals surface area contributed by atoms with E-state index < -0.39 is 5.97 Å². The summed E-state index contributed by atoms with van der Waals surface area (Å²) in [6.45, 7) is 1.85. The lowest BCUT2D eigenvalue weighted by Crippen LogP contribution is -2.25. The molecule has 0 atom stereocenters. The van der Waals surface area contributed by atoms with E-state index in [9.17, 15) is 9.59 Å². The number of nitrogens with two attached hydrogens (primary N) is 2. The van der Waals surface area contributed by atoms with Crippen molar-refractivity contribution in [3.8, 4) is 5.69 Å². The zero-order valence-electron chi connectivity index (χ0n) is 16.0. The van der Waals surface area contributed by atoms with Gasteiger partial charge in [0, 0.05) is 17.6 Å². The molecular formula is C20H27N5O3. The molecule has 6 N–H and O–H groups in total. The molecule has 0 saturated heterocycles. The van der Waals surface area contributed by atoms with Gasteiger partial charge in [0.05, 0.1) is 11.9 Å². The molecule has 2 fully saturated rings. The van der Waals surface area contributed by atoms with E-state index in [1.54, 1.807) is 18.2 Å². The summed E-state index contributed by atoms with van der Waals surface area (Å²) in [5.74, 6) is -1.24. The summed E-state index contributed by atoms with van der Waals surface area (Å²) < 4.78 is 1.34. The van der Waals surface area contributed by atoms with Crippen molar-refractivity contribution >= 4 is 17.7 Å².